The molecular weight excluding hydrogens is 500 g/mol. The Hall–Kier alpha value is -3.43. The second-order valence-electron chi connectivity index (χ2n) is 9.99. The number of pyridine rings is 1. The number of primary amides is 1. The molecule has 0 bridgehead atoms. The van der Waals surface area contributed by atoms with E-state index in [4.69, 9.17) is 10.5 Å². The molecule has 2 heterocycles. The molecule has 1 atom stereocenters. The largest absolute Gasteiger partial charge is 0.489 e. The number of carbonyl (C=O) groups is 1. The van der Waals surface area contributed by atoms with Crippen molar-refractivity contribution in [2.75, 3.05) is 13.1 Å². The number of hydrogen-bond acceptors (Lipinski definition) is 6. The van der Waals surface area contributed by atoms with E-state index in [1.807, 2.05) is 42.2 Å². The summed E-state index contributed by atoms with van der Waals surface area (Å²) >= 11 is 0. The molecule has 9 heteroatoms. The van der Waals surface area contributed by atoms with Gasteiger partial charge in [0.2, 0.25) is 15.9 Å². The standard InChI is InChI=1S/C29H36N4O4S/c1-5-9-22(6-2)21(4)33-18-29(19-33,28(30)34)32-38(35,36)25-14-12-24(13-15-25)37-17-23-16-20(3)31-27-11-8-7-10-26(23)27/h7-8,10-16,22,32H,4-6,9,17-19H2,1-3H3,(H2,30,34). The van der Waals surface area contributed by atoms with Gasteiger partial charge in [0.05, 0.1) is 10.4 Å². The molecule has 1 aliphatic heterocycles. The SMILES string of the molecule is C=C(C(CC)CCC)N1CC(NS(=O)(=O)c2ccc(OCc3cc(C)nc4ccccc34)cc2)(C(N)=O)C1. The molecule has 0 aliphatic carbocycles. The van der Waals surface area contributed by atoms with E-state index < -0.39 is 21.5 Å². The van der Waals surface area contributed by atoms with Crippen molar-refractivity contribution in [3.63, 3.8) is 0 Å². The second-order valence-corrected chi connectivity index (χ2v) is 11.7. The Morgan fingerprint density at radius 1 is 1.18 bits per heavy atom. The Kier molecular flexibility index (Phi) is 8.08. The predicted octanol–water partition coefficient (Wildman–Crippen LogP) is 4.28. The van der Waals surface area contributed by atoms with Crippen LogP contribution in [0, 0.1) is 12.8 Å². The Morgan fingerprint density at radius 2 is 1.87 bits per heavy atom. The van der Waals surface area contributed by atoms with Gasteiger partial charge >= 0.3 is 0 Å². The molecule has 38 heavy (non-hydrogen) atoms. The maximum atomic E-state index is 13.2. The molecule has 8 nitrogen and oxygen atoms in total. The fourth-order valence-corrected chi connectivity index (χ4v) is 6.35. The van der Waals surface area contributed by atoms with Gasteiger partial charge in [-0.1, -0.05) is 45.0 Å². The number of nitrogens with zero attached hydrogens (tertiary/aromatic N) is 2. The maximum absolute atomic E-state index is 13.2. The van der Waals surface area contributed by atoms with Gasteiger partial charge in [-0.15, -0.1) is 0 Å². The topological polar surface area (TPSA) is 115 Å². The van der Waals surface area contributed by atoms with Gasteiger partial charge in [0, 0.05) is 35.4 Å². The van der Waals surface area contributed by atoms with Gasteiger partial charge in [0.1, 0.15) is 17.9 Å². The summed E-state index contributed by atoms with van der Waals surface area (Å²) in [6.45, 7) is 11.0. The fourth-order valence-electron chi connectivity index (χ4n) is 5.00. The molecular formula is C29H36N4O4S. The Morgan fingerprint density at radius 3 is 2.50 bits per heavy atom. The van der Waals surface area contributed by atoms with Crippen molar-refractivity contribution in [1.82, 2.24) is 14.6 Å². The van der Waals surface area contributed by atoms with Crippen LogP contribution in [0.15, 0.2) is 71.8 Å². The second kappa shape index (κ2) is 11.1. The molecule has 1 fully saturated rings. The summed E-state index contributed by atoms with van der Waals surface area (Å²) in [5, 5.41) is 1.01. The van der Waals surface area contributed by atoms with Gasteiger partial charge in [0.15, 0.2) is 0 Å². The van der Waals surface area contributed by atoms with Crippen LogP contribution < -0.4 is 15.2 Å². The number of carbonyl (C=O) groups excluding carboxylic acids is 1. The van der Waals surface area contributed by atoms with E-state index in [9.17, 15) is 13.2 Å². The molecule has 0 saturated carbocycles. The summed E-state index contributed by atoms with van der Waals surface area (Å²) in [6.07, 6.45) is 2.95. The molecule has 2 aromatic carbocycles. The van der Waals surface area contributed by atoms with Gasteiger partial charge < -0.3 is 15.4 Å². The third-order valence-corrected chi connectivity index (χ3v) is 8.74. The third kappa shape index (κ3) is 5.68. The van der Waals surface area contributed by atoms with Gasteiger partial charge in [-0.05, 0) is 62.1 Å². The number of ether oxygens (including phenoxy) is 1. The predicted molar refractivity (Wildman–Crippen MR) is 149 cm³/mol. The van der Waals surface area contributed by atoms with E-state index in [1.165, 1.54) is 12.1 Å². The van der Waals surface area contributed by atoms with Crippen LogP contribution in [0.25, 0.3) is 10.9 Å². The van der Waals surface area contributed by atoms with Gasteiger partial charge in [-0.25, -0.2) is 8.42 Å². The minimum absolute atomic E-state index is 0.0328. The summed E-state index contributed by atoms with van der Waals surface area (Å²) in [6, 6.07) is 16.0. The third-order valence-electron chi connectivity index (χ3n) is 7.19. The number of allylic oxidation sites excluding steroid dienone is 1. The quantitative estimate of drug-likeness (QED) is 0.357. The Balaban J connectivity index is 1.43. The zero-order chi connectivity index (χ0) is 27.5. The highest BCUT2D eigenvalue weighted by atomic mass is 32.2. The summed E-state index contributed by atoms with van der Waals surface area (Å²) < 4.78 is 34.9. The molecule has 1 saturated heterocycles. The lowest BCUT2D eigenvalue weighted by atomic mass is 9.86. The Bertz CT molecular complexity index is 1430. The van der Waals surface area contributed by atoms with Gasteiger partial charge in [-0.3, -0.25) is 9.78 Å². The molecule has 3 N–H and O–H groups in total. The van der Waals surface area contributed by atoms with Crippen molar-refractivity contribution in [3.05, 3.63) is 78.1 Å². The first-order valence-electron chi connectivity index (χ1n) is 12.9. The fraction of sp³-hybridized carbons (Fsp3) is 0.379. The molecule has 1 amide bonds. The number of rotatable bonds is 12. The minimum Gasteiger partial charge on any atom is -0.489 e. The smallest absolute Gasteiger partial charge is 0.242 e. The summed E-state index contributed by atoms with van der Waals surface area (Å²) in [5.74, 6) is 0.123. The van der Waals surface area contributed by atoms with Crippen LogP contribution in [0.2, 0.25) is 0 Å². The van der Waals surface area contributed by atoms with Gasteiger partial charge in [0.25, 0.3) is 0 Å². The normalized spacial score (nSPS) is 15.6. The van der Waals surface area contributed by atoms with Crippen LogP contribution in [-0.2, 0) is 21.4 Å². The number of aryl methyl sites for hydroxylation is 1. The first-order chi connectivity index (χ1) is 18.1. The number of aromatic nitrogens is 1. The number of benzene rings is 2. The van der Waals surface area contributed by atoms with E-state index in [2.05, 4.69) is 30.1 Å². The summed E-state index contributed by atoms with van der Waals surface area (Å²) in [5.41, 5.74) is 8.01. The molecule has 1 aliphatic rings. The van der Waals surface area contributed by atoms with E-state index in [0.717, 1.165) is 47.1 Å². The zero-order valence-electron chi connectivity index (χ0n) is 22.2. The lowest BCUT2D eigenvalue weighted by Gasteiger charge is -2.51. The van der Waals surface area contributed by atoms with Crippen molar-refractivity contribution >= 4 is 26.8 Å². The molecule has 1 aromatic heterocycles. The number of nitrogens with two attached hydrogens (primary N) is 1. The number of para-hydroxylation sites is 1. The van der Waals surface area contributed by atoms with Crippen molar-refractivity contribution in [3.8, 4) is 5.75 Å². The number of amides is 1. The minimum atomic E-state index is -4.00. The van der Waals surface area contributed by atoms with E-state index >= 15 is 0 Å². The Labute approximate surface area is 224 Å². The lowest BCUT2D eigenvalue weighted by Crippen LogP contribution is -2.75. The first kappa shape index (κ1) is 27.6. The van der Waals surface area contributed by atoms with Crippen LogP contribution >= 0.6 is 0 Å². The molecule has 1 unspecified atom stereocenters. The van der Waals surface area contributed by atoms with E-state index in [1.54, 1.807) is 12.1 Å². The van der Waals surface area contributed by atoms with E-state index in [-0.39, 0.29) is 18.0 Å². The molecule has 0 spiro atoms. The van der Waals surface area contributed by atoms with Gasteiger partial charge in [-0.2, -0.15) is 4.72 Å². The van der Waals surface area contributed by atoms with Crippen molar-refractivity contribution < 1.29 is 17.9 Å². The van der Waals surface area contributed by atoms with Crippen LogP contribution in [0.4, 0.5) is 0 Å². The number of fused-ring (bicyclic) bond motifs is 1. The first-order valence-corrected chi connectivity index (χ1v) is 14.4. The molecule has 0 radical (unpaired) electrons. The highest BCUT2D eigenvalue weighted by Gasteiger charge is 2.51. The average molecular weight is 537 g/mol. The lowest BCUT2D eigenvalue weighted by molar-refractivity contribution is -0.129. The molecule has 3 aromatic rings. The highest BCUT2D eigenvalue weighted by molar-refractivity contribution is 7.89. The molecule has 202 valence electrons. The van der Waals surface area contributed by atoms with Crippen LogP contribution in [0.1, 0.15) is 44.4 Å². The zero-order valence-corrected chi connectivity index (χ0v) is 23.1. The highest BCUT2D eigenvalue weighted by Crippen LogP contribution is 2.32. The van der Waals surface area contributed by atoms with Crippen LogP contribution in [0.5, 0.6) is 5.75 Å². The number of likely N-dealkylation sites (tertiary alicyclic amines) is 1. The van der Waals surface area contributed by atoms with Crippen molar-refractivity contribution in [2.45, 2.75) is 57.1 Å². The average Bonchev–Trinajstić information content (AvgIpc) is 2.87. The number of sulfonamides is 1. The summed E-state index contributed by atoms with van der Waals surface area (Å²) in [7, 11) is -4.00. The van der Waals surface area contributed by atoms with Crippen LogP contribution in [-0.4, -0.2) is 42.8 Å². The van der Waals surface area contributed by atoms with Crippen LogP contribution in [0.3, 0.4) is 0 Å². The monoisotopic (exact) mass is 536 g/mol. The number of hydrogen-bond donors (Lipinski definition) is 2. The van der Waals surface area contributed by atoms with Crippen molar-refractivity contribution in [2.24, 2.45) is 11.7 Å². The summed E-state index contributed by atoms with van der Waals surface area (Å²) in [4.78, 5) is 18.9. The maximum Gasteiger partial charge on any atom is 0.242 e. The van der Waals surface area contributed by atoms with E-state index in [0.29, 0.717) is 18.3 Å². The van der Waals surface area contributed by atoms with Crippen molar-refractivity contribution in [1.29, 1.82) is 0 Å². The molecule has 4 rings (SSSR count). The number of nitrogens with one attached hydrogen (secondary N) is 1.